The van der Waals surface area contributed by atoms with E-state index in [-0.39, 0.29) is 17.8 Å². The van der Waals surface area contributed by atoms with E-state index in [9.17, 15) is 9.59 Å². The van der Waals surface area contributed by atoms with Crippen LogP contribution in [-0.4, -0.2) is 37.0 Å². The molecule has 0 aromatic carbocycles. The summed E-state index contributed by atoms with van der Waals surface area (Å²) < 4.78 is 21.8. The van der Waals surface area contributed by atoms with Crippen LogP contribution in [0.1, 0.15) is 6.92 Å². The van der Waals surface area contributed by atoms with Crippen molar-refractivity contribution < 1.29 is 28.5 Å². The van der Waals surface area contributed by atoms with Gasteiger partial charge in [0.25, 0.3) is 0 Å². The van der Waals surface area contributed by atoms with Gasteiger partial charge >= 0.3 is 11.9 Å². The Bertz CT molecular complexity index is 630. The Kier molecular flexibility index (Phi) is 2.39. The number of hydrogen-bond acceptors (Lipinski definition) is 6. The zero-order valence-electron chi connectivity index (χ0n) is 11.6. The number of esters is 2. The van der Waals surface area contributed by atoms with Crippen LogP contribution in [0.15, 0.2) is 35.6 Å². The highest BCUT2D eigenvalue weighted by atomic mass is 16.7. The number of carbonyl (C=O) groups excluding carboxylic acids is 2. The fourth-order valence-corrected chi connectivity index (χ4v) is 3.74. The molecule has 2 saturated heterocycles. The van der Waals surface area contributed by atoms with Crippen molar-refractivity contribution in [1.29, 1.82) is 0 Å². The number of rotatable bonds is 1. The van der Waals surface area contributed by atoms with Crippen molar-refractivity contribution in [3.63, 3.8) is 0 Å². The fraction of sp³-hybridized carbons (Fsp3) is 0.467. The van der Waals surface area contributed by atoms with Crippen LogP contribution in [-0.2, 0) is 28.5 Å². The van der Waals surface area contributed by atoms with Gasteiger partial charge in [0, 0.05) is 5.92 Å². The summed E-state index contributed by atoms with van der Waals surface area (Å²) >= 11 is 0. The van der Waals surface area contributed by atoms with Crippen molar-refractivity contribution in [2.75, 3.05) is 7.11 Å². The summed E-state index contributed by atoms with van der Waals surface area (Å²) in [6.45, 7) is 1.77. The van der Waals surface area contributed by atoms with E-state index in [1.807, 2.05) is 12.2 Å². The second-order valence-electron chi connectivity index (χ2n) is 5.48. The number of allylic oxidation sites excluding steroid dienone is 2. The maximum Gasteiger partial charge on any atom is 0.337 e. The van der Waals surface area contributed by atoms with Crippen molar-refractivity contribution in [1.82, 2.24) is 0 Å². The summed E-state index contributed by atoms with van der Waals surface area (Å²) in [6, 6.07) is 0. The number of methoxy groups -OCH3 is 1. The summed E-state index contributed by atoms with van der Waals surface area (Å²) in [7, 11) is 1.32. The van der Waals surface area contributed by atoms with Gasteiger partial charge in [-0.15, -0.1) is 0 Å². The lowest BCUT2D eigenvalue weighted by Crippen LogP contribution is -2.43. The molecule has 0 N–H and O–H groups in total. The van der Waals surface area contributed by atoms with Crippen LogP contribution in [0.4, 0.5) is 0 Å². The number of ether oxygens (including phenoxy) is 4. The predicted molar refractivity (Wildman–Crippen MR) is 68.5 cm³/mol. The SMILES string of the molecule is C/C=C1\C(=O)O[C@]23C=C[C@@H]4C(C(=O)OC)=CO[C@H](OC12)[C@@H]43. The highest BCUT2D eigenvalue weighted by Crippen LogP contribution is 2.57. The summed E-state index contributed by atoms with van der Waals surface area (Å²) in [5.41, 5.74) is 0.0425. The fourth-order valence-electron chi connectivity index (χ4n) is 3.74. The highest BCUT2D eigenvalue weighted by Gasteiger charge is 2.70. The van der Waals surface area contributed by atoms with Crippen LogP contribution in [0.2, 0.25) is 0 Å². The second-order valence-corrected chi connectivity index (χ2v) is 5.48. The van der Waals surface area contributed by atoms with Gasteiger partial charge < -0.3 is 18.9 Å². The third kappa shape index (κ3) is 1.35. The minimum absolute atomic E-state index is 0.231. The van der Waals surface area contributed by atoms with Gasteiger partial charge in [0.2, 0.25) is 6.29 Å². The lowest BCUT2D eigenvalue weighted by molar-refractivity contribution is -0.152. The van der Waals surface area contributed by atoms with E-state index in [1.54, 1.807) is 13.0 Å². The minimum Gasteiger partial charge on any atom is -0.471 e. The third-order valence-corrected chi connectivity index (χ3v) is 4.65. The maximum atomic E-state index is 12.0. The first-order chi connectivity index (χ1) is 10.1. The molecule has 6 nitrogen and oxygen atoms in total. The Morgan fingerprint density at radius 2 is 2.29 bits per heavy atom. The molecule has 1 spiro atoms. The zero-order chi connectivity index (χ0) is 14.8. The lowest BCUT2D eigenvalue weighted by atomic mass is 9.78. The smallest absolute Gasteiger partial charge is 0.337 e. The zero-order valence-corrected chi connectivity index (χ0v) is 11.6. The van der Waals surface area contributed by atoms with Crippen LogP contribution in [0, 0.1) is 11.8 Å². The Balaban J connectivity index is 1.78. The molecule has 0 bridgehead atoms. The monoisotopic (exact) mass is 290 g/mol. The van der Waals surface area contributed by atoms with E-state index < -0.39 is 24.0 Å². The molecule has 0 saturated carbocycles. The van der Waals surface area contributed by atoms with Crippen LogP contribution in [0.5, 0.6) is 0 Å². The molecule has 0 aromatic heterocycles. The average Bonchev–Trinajstić information content (AvgIpc) is 3.08. The molecule has 3 aliphatic heterocycles. The summed E-state index contributed by atoms with van der Waals surface area (Å²) in [5.74, 6) is -1.31. The van der Waals surface area contributed by atoms with Gasteiger partial charge in [0.15, 0.2) is 5.60 Å². The molecule has 0 aromatic rings. The van der Waals surface area contributed by atoms with Gasteiger partial charge in [-0.1, -0.05) is 12.2 Å². The largest absolute Gasteiger partial charge is 0.471 e. The third-order valence-electron chi connectivity index (χ3n) is 4.65. The van der Waals surface area contributed by atoms with Gasteiger partial charge in [0.1, 0.15) is 6.10 Å². The predicted octanol–water partition coefficient (Wildman–Crippen LogP) is 0.842. The standard InChI is InChI=1S/C15H14O6/c1-3-7-11-15(21-13(7)17)5-4-8-9(12(16)18-2)6-19-14(20-11)10(8)15/h3-6,8,10-11,14H,1-2H3/b7-3-/t8-,10-,11?,14-,15+/m1/s1. The topological polar surface area (TPSA) is 71.1 Å². The van der Waals surface area contributed by atoms with Crippen molar-refractivity contribution in [3.8, 4) is 0 Å². The number of carbonyl (C=O) groups is 2. The van der Waals surface area contributed by atoms with E-state index in [0.29, 0.717) is 11.1 Å². The molecule has 6 heteroatoms. The van der Waals surface area contributed by atoms with E-state index in [0.717, 1.165) is 0 Å². The molecule has 1 aliphatic carbocycles. The molecule has 0 radical (unpaired) electrons. The van der Waals surface area contributed by atoms with E-state index in [2.05, 4.69) is 0 Å². The average molecular weight is 290 g/mol. The molecular formula is C15H14O6. The Hall–Kier alpha value is -2.08. The molecule has 3 heterocycles. The molecule has 0 amide bonds. The summed E-state index contributed by atoms with van der Waals surface area (Å²) in [4.78, 5) is 23.8. The highest BCUT2D eigenvalue weighted by molar-refractivity contribution is 5.94. The normalized spacial score (nSPS) is 44.0. The van der Waals surface area contributed by atoms with Crippen molar-refractivity contribution in [2.24, 2.45) is 11.8 Å². The van der Waals surface area contributed by atoms with Gasteiger partial charge in [-0.25, -0.2) is 9.59 Å². The summed E-state index contributed by atoms with van der Waals surface area (Å²) in [5, 5.41) is 0. The van der Waals surface area contributed by atoms with Crippen LogP contribution >= 0.6 is 0 Å². The van der Waals surface area contributed by atoms with Gasteiger partial charge in [-0.05, 0) is 13.0 Å². The minimum atomic E-state index is -0.873. The summed E-state index contributed by atoms with van der Waals surface area (Å²) in [6.07, 6.45) is 5.77. The lowest BCUT2D eigenvalue weighted by Gasteiger charge is -2.32. The van der Waals surface area contributed by atoms with E-state index in [4.69, 9.17) is 18.9 Å². The molecule has 2 fully saturated rings. The first-order valence-electron chi connectivity index (χ1n) is 6.80. The molecule has 1 unspecified atom stereocenters. The van der Waals surface area contributed by atoms with Crippen LogP contribution in [0.3, 0.4) is 0 Å². The Morgan fingerprint density at radius 1 is 1.48 bits per heavy atom. The van der Waals surface area contributed by atoms with Gasteiger partial charge in [0.05, 0.1) is 30.4 Å². The van der Waals surface area contributed by atoms with Crippen molar-refractivity contribution in [3.05, 3.63) is 35.6 Å². The van der Waals surface area contributed by atoms with Crippen molar-refractivity contribution >= 4 is 11.9 Å². The van der Waals surface area contributed by atoms with Crippen molar-refractivity contribution in [2.45, 2.75) is 24.9 Å². The Labute approximate surface area is 121 Å². The molecule has 110 valence electrons. The molecule has 4 rings (SSSR count). The van der Waals surface area contributed by atoms with E-state index in [1.165, 1.54) is 13.4 Å². The quantitative estimate of drug-likeness (QED) is 0.405. The van der Waals surface area contributed by atoms with Crippen LogP contribution < -0.4 is 0 Å². The second kappa shape index (κ2) is 3.98. The van der Waals surface area contributed by atoms with Crippen LogP contribution in [0.25, 0.3) is 0 Å². The molecule has 21 heavy (non-hydrogen) atoms. The first-order valence-corrected chi connectivity index (χ1v) is 6.80. The van der Waals surface area contributed by atoms with E-state index >= 15 is 0 Å². The number of hydrogen-bond donors (Lipinski definition) is 0. The Morgan fingerprint density at radius 3 is 3.00 bits per heavy atom. The maximum absolute atomic E-state index is 12.0. The van der Waals surface area contributed by atoms with Gasteiger partial charge in [-0.3, -0.25) is 0 Å². The first kappa shape index (κ1) is 12.6. The molecule has 4 aliphatic rings. The molecule has 5 atom stereocenters. The van der Waals surface area contributed by atoms with Gasteiger partial charge in [-0.2, -0.15) is 0 Å². The molecular weight excluding hydrogens is 276 g/mol.